The van der Waals surface area contributed by atoms with Crippen LogP contribution in [-0.2, 0) is 11.3 Å². The van der Waals surface area contributed by atoms with Crippen LogP contribution in [0.2, 0.25) is 0 Å². The van der Waals surface area contributed by atoms with Crippen LogP contribution in [0.1, 0.15) is 40.9 Å². The highest BCUT2D eigenvalue weighted by atomic mass is 16.5. The number of rotatable bonds is 9. The van der Waals surface area contributed by atoms with Gasteiger partial charge in [-0.1, -0.05) is 30.3 Å². The van der Waals surface area contributed by atoms with Crippen molar-refractivity contribution in [3.63, 3.8) is 0 Å². The first-order valence-corrected chi connectivity index (χ1v) is 12.6. The van der Waals surface area contributed by atoms with E-state index in [1.54, 1.807) is 30.7 Å². The van der Waals surface area contributed by atoms with Gasteiger partial charge in [-0.2, -0.15) is 10.2 Å². The van der Waals surface area contributed by atoms with Crippen LogP contribution in [0.25, 0.3) is 5.69 Å². The molecule has 1 unspecified atom stereocenters. The second-order valence-electron chi connectivity index (χ2n) is 9.33. The average molecular weight is 514 g/mol. The minimum absolute atomic E-state index is 0.0848. The monoisotopic (exact) mass is 513 g/mol. The second kappa shape index (κ2) is 11.4. The summed E-state index contributed by atoms with van der Waals surface area (Å²) in [6, 6.07) is 15.0. The van der Waals surface area contributed by atoms with E-state index in [1.807, 2.05) is 43.3 Å². The molecule has 4 aromatic rings. The number of amides is 1. The lowest BCUT2D eigenvalue weighted by Gasteiger charge is -2.37. The Morgan fingerprint density at radius 3 is 2.68 bits per heavy atom. The fraction of sp³-hybridized carbons (Fsp3) is 0.296. The summed E-state index contributed by atoms with van der Waals surface area (Å²) < 4.78 is 6.29. The zero-order valence-electron chi connectivity index (χ0n) is 21.1. The maximum atomic E-state index is 12.2. The zero-order valence-corrected chi connectivity index (χ0v) is 21.1. The number of ether oxygens (including phenoxy) is 1. The SMILES string of the molecule is Cc1ncc(Nc2nc(NC3[C@@H](OCc4ccccc4)CCC[C@@H]3N)ccc2C(N)=O)cc1-n1nccn1. The molecule has 0 radical (unpaired) electrons. The zero-order chi connectivity index (χ0) is 26.5. The molecule has 0 bridgehead atoms. The van der Waals surface area contributed by atoms with Crippen LogP contribution < -0.4 is 22.1 Å². The third-order valence-corrected chi connectivity index (χ3v) is 6.63. The fourth-order valence-corrected chi connectivity index (χ4v) is 4.63. The van der Waals surface area contributed by atoms with E-state index < -0.39 is 5.91 Å². The summed E-state index contributed by atoms with van der Waals surface area (Å²) in [6.45, 7) is 2.37. The van der Waals surface area contributed by atoms with Gasteiger partial charge in [0.05, 0.1) is 54.3 Å². The molecule has 1 saturated carbocycles. The van der Waals surface area contributed by atoms with Crippen molar-refractivity contribution in [1.82, 2.24) is 25.0 Å². The number of hydrogen-bond acceptors (Lipinski definition) is 9. The van der Waals surface area contributed by atoms with E-state index in [2.05, 4.69) is 30.8 Å². The Morgan fingerprint density at radius 2 is 1.92 bits per heavy atom. The molecule has 38 heavy (non-hydrogen) atoms. The number of nitrogens with one attached hydrogen (secondary N) is 2. The predicted molar refractivity (Wildman–Crippen MR) is 144 cm³/mol. The third-order valence-electron chi connectivity index (χ3n) is 6.63. The molecule has 0 aliphatic heterocycles. The molecule has 11 nitrogen and oxygen atoms in total. The van der Waals surface area contributed by atoms with Crippen molar-refractivity contribution >= 4 is 23.2 Å². The topological polar surface area (TPSA) is 159 Å². The molecule has 1 aromatic carbocycles. The van der Waals surface area contributed by atoms with Crippen LogP contribution in [0.3, 0.4) is 0 Å². The number of nitrogens with zero attached hydrogens (tertiary/aromatic N) is 5. The Balaban J connectivity index is 1.37. The minimum Gasteiger partial charge on any atom is -0.371 e. The van der Waals surface area contributed by atoms with Crippen LogP contribution in [0.15, 0.2) is 67.1 Å². The first-order chi connectivity index (χ1) is 18.5. The highest BCUT2D eigenvalue weighted by molar-refractivity contribution is 5.98. The van der Waals surface area contributed by atoms with Gasteiger partial charge in [0.1, 0.15) is 17.3 Å². The van der Waals surface area contributed by atoms with Crippen LogP contribution in [0.5, 0.6) is 0 Å². The fourth-order valence-electron chi connectivity index (χ4n) is 4.63. The molecule has 6 N–H and O–H groups in total. The van der Waals surface area contributed by atoms with Gasteiger partial charge in [0.25, 0.3) is 5.91 Å². The standard InChI is InChI=1S/C27H31N9O2/c1-17-22(36-31-12-13-32-36)14-19(15-30-17)33-27-20(26(29)37)10-11-24(35-27)34-25-21(28)8-5-9-23(25)38-16-18-6-3-2-4-7-18/h2-4,6-7,10-15,21,23,25H,5,8-9,16,28H2,1H3,(H2,29,37)(H2,33,34,35)/t21-,23-,25?/m0/s1. The predicted octanol–water partition coefficient (Wildman–Crippen LogP) is 3.09. The Morgan fingerprint density at radius 1 is 1.13 bits per heavy atom. The largest absolute Gasteiger partial charge is 0.371 e. The van der Waals surface area contributed by atoms with Crippen LogP contribution in [-0.4, -0.2) is 49.1 Å². The van der Waals surface area contributed by atoms with Crippen molar-refractivity contribution < 1.29 is 9.53 Å². The molecule has 1 fully saturated rings. The van der Waals surface area contributed by atoms with Crippen molar-refractivity contribution in [3.05, 3.63) is 83.9 Å². The number of aryl methyl sites for hydroxylation is 1. The Bertz CT molecular complexity index is 1380. The van der Waals surface area contributed by atoms with Crippen molar-refractivity contribution in [1.29, 1.82) is 0 Å². The molecule has 3 aromatic heterocycles. The summed E-state index contributed by atoms with van der Waals surface area (Å²) in [5.41, 5.74) is 15.6. The van der Waals surface area contributed by atoms with Crippen LogP contribution in [0.4, 0.5) is 17.3 Å². The van der Waals surface area contributed by atoms with Gasteiger partial charge in [-0.3, -0.25) is 9.78 Å². The number of benzene rings is 1. The number of primary amides is 1. The number of aromatic nitrogens is 5. The van der Waals surface area contributed by atoms with Gasteiger partial charge in [0.2, 0.25) is 0 Å². The van der Waals surface area contributed by atoms with E-state index in [0.717, 1.165) is 30.5 Å². The lowest BCUT2D eigenvalue weighted by atomic mass is 9.88. The van der Waals surface area contributed by atoms with Crippen molar-refractivity contribution in [3.8, 4) is 5.69 Å². The van der Waals surface area contributed by atoms with Crippen molar-refractivity contribution in [2.24, 2.45) is 11.5 Å². The highest BCUT2D eigenvalue weighted by Gasteiger charge is 2.32. The number of hydrogen-bond donors (Lipinski definition) is 4. The minimum atomic E-state index is -0.598. The molecular formula is C27H31N9O2. The quantitative estimate of drug-likeness (QED) is 0.264. The van der Waals surface area contributed by atoms with E-state index >= 15 is 0 Å². The lowest BCUT2D eigenvalue weighted by molar-refractivity contribution is 0.00369. The Hall–Kier alpha value is -4.35. The third kappa shape index (κ3) is 5.79. The maximum Gasteiger partial charge on any atom is 0.252 e. The summed E-state index contributed by atoms with van der Waals surface area (Å²) in [5.74, 6) is 0.264. The van der Waals surface area contributed by atoms with Crippen molar-refractivity contribution in [2.75, 3.05) is 10.6 Å². The molecule has 11 heteroatoms. The first kappa shape index (κ1) is 25.3. The summed E-state index contributed by atoms with van der Waals surface area (Å²) in [5, 5.41) is 15.0. The second-order valence-corrected chi connectivity index (χ2v) is 9.33. The molecule has 3 atom stereocenters. The lowest BCUT2D eigenvalue weighted by Crippen LogP contribution is -2.52. The average Bonchev–Trinajstić information content (AvgIpc) is 3.46. The number of carbonyl (C=O) groups is 1. The van der Waals surface area contributed by atoms with Gasteiger partial charge in [-0.25, -0.2) is 4.98 Å². The Labute approximate surface area is 220 Å². The van der Waals surface area contributed by atoms with Crippen LogP contribution in [0, 0.1) is 6.92 Å². The van der Waals surface area contributed by atoms with E-state index in [-0.39, 0.29) is 23.8 Å². The number of pyridine rings is 2. The molecule has 5 rings (SSSR count). The van der Waals surface area contributed by atoms with Gasteiger partial charge < -0.3 is 26.8 Å². The summed E-state index contributed by atoms with van der Waals surface area (Å²) in [6.07, 6.45) is 7.52. The molecule has 1 aliphatic rings. The van der Waals surface area contributed by atoms with Gasteiger partial charge in [0.15, 0.2) is 0 Å². The van der Waals surface area contributed by atoms with E-state index in [4.69, 9.17) is 16.2 Å². The molecule has 0 saturated heterocycles. The molecule has 196 valence electrons. The van der Waals surface area contributed by atoms with E-state index in [0.29, 0.717) is 29.6 Å². The molecule has 3 heterocycles. The molecule has 1 aliphatic carbocycles. The molecule has 1 amide bonds. The highest BCUT2D eigenvalue weighted by Crippen LogP contribution is 2.27. The maximum absolute atomic E-state index is 12.2. The normalized spacial score (nSPS) is 19.2. The number of carbonyl (C=O) groups excluding carboxylic acids is 1. The van der Waals surface area contributed by atoms with E-state index in [9.17, 15) is 4.79 Å². The summed E-state index contributed by atoms with van der Waals surface area (Å²) >= 11 is 0. The smallest absolute Gasteiger partial charge is 0.252 e. The first-order valence-electron chi connectivity index (χ1n) is 12.6. The Kier molecular flexibility index (Phi) is 7.57. The molecule has 0 spiro atoms. The van der Waals surface area contributed by atoms with Gasteiger partial charge in [-0.05, 0) is 49.9 Å². The van der Waals surface area contributed by atoms with E-state index in [1.165, 1.54) is 4.80 Å². The van der Waals surface area contributed by atoms with Crippen LogP contribution >= 0.6 is 0 Å². The number of anilines is 3. The van der Waals surface area contributed by atoms with Gasteiger partial charge in [0, 0.05) is 6.04 Å². The van der Waals surface area contributed by atoms with Gasteiger partial charge >= 0.3 is 0 Å². The summed E-state index contributed by atoms with van der Waals surface area (Å²) in [7, 11) is 0. The molecular weight excluding hydrogens is 482 g/mol. The van der Waals surface area contributed by atoms with Gasteiger partial charge in [-0.15, -0.1) is 4.80 Å². The van der Waals surface area contributed by atoms with Crippen molar-refractivity contribution in [2.45, 2.75) is 51.0 Å². The number of nitrogens with two attached hydrogens (primary N) is 2. The summed E-state index contributed by atoms with van der Waals surface area (Å²) in [4.78, 5) is 22.8.